The summed E-state index contributed by atoms with van der Waals surface area (Å²) < 4.78 is 0. The highest BCUT2D eigenvalue weighted by molar-refractivity contribution is 7.09. The molecule has 1 aliphatic carbocycles. The SMILES string of the molecule is CN(Cc1cccs1)c1ncc(CNC2CC2)cn1. The van der Waals surface area contributed by atoms with Crippen LogP contribution in [0.15, 0.2) is 29.9 Å². The van der Waals surface area contributed by atoms with Crippen molar-refractivity contribution < 1.29 is 0 Å². The van der Waals surface area contributed by atoms with Gasteiger partial charge in [0.25, 0.3) is 0 Å². The highest BCUT2D eigenvalue weighted by Gasteiger charge is 2.20. The minimum atomic E-state index is 0.723. The predicted octanol–water partition coefficient (Wildman–Crippen LogP) is 2.43. The molecule has 100 valence electrons. The Morgan fingerprint density at radius 3 is 2.79 bits per heavy atom. The fourth-order valence-electron chi connectivity index (χ4n) is 1.89. The molecular weight excluding hydrogens is 256 g/mol. The number of rotatable bonds is 6. The smallest absolute Gasteiger partial charge is 0.225 e. The van der Waals surface area contributed by atoms with E-state index in [1.54, 1.807) is 11.3 Å². The molecule has 3 rings (SSSR count). The first-order valence-corrected chi connectivity index (χ1v) is 7.47. The van der Waals surface area contributed by atoms with Gasteiger partial charge in [0.05, 0.1) is 6.54 Å². The van der Waals surface area contributed by atoms with Crippen LogP contribution in [0.2, 0.25) is 0 Å². The molecule has 0 atom stereocenters. The summed E-state index contributed by atoms with van der Waals surface area (Å²) in [6.07, 6.45) is 6.45. The molecule has 0 aromatic carbocycles. The molecule has 0 aliphatic heterocycles. The molecular formula is C14H18N4S. The summed E-state index contributed by atoms with van der Waals surface area (Å²) >= 11 is 1.76. The lowest BCUT2D eigenvalue weighted by molar-refractivity contribution is 0.682. The number of thiophene rings is 1. The minimum Gasteiger partial charge on any atom is -0.339 e. The van der Waals surface area contributed by atoms with Gasteiger partial charge in [-0.25, -0.2) is 9.97 Å². The van der Waals surface area contributed by atoms with Crippen LogP contribution in [-0.2, 0) is 13.1 Å². The molecule has 0 radical (unpaired) electrons. The number of hydrogen-bond acceptors (Lipinski definition) is 5. The third-order valence-electron chi connectivity index (χ3n) is 3.18. The fourth-order valence-corrected chi connectivity index (χ4v) is 2.65. The van der Waals surface area contributed by atoms with Gasteiger partial charge in [0.15, 0.2) is 0 Å². The Hall–Kier alpha value is -1.46. The Balaban J connectivity index is 1.57. The molecule has 1 aliphatic rings. The second-order valence-corrected chi connectivity index (χ2v) is 6.01. The van der Waals surface area contributed by atoms with Gasteiger partial charge >= 0.3 is 0 Å². The van der Waals surface area contributed by atoms with Crippen molar-refractivity contribution >= 4 is 17.3 Å². The van der Waals surface area contributed by atoms with Crippen LogP contribution in [0.3, 0.4) is 0 Å². The Bertz CT molecular complexity index is 505. The van der Waals surface area contributed by atoms with Crippen LogP contribution >= 0.6 is 11.3 Å². The topological polar surface area (TPSA) is 41.1 Å². The maximum Gasteiger partial charge on any atom is 0.225 e. The van der Waals surface area contributed by atoms with E-state index in [9.17, 15) is 0 Å². The van der Waals surface area contributed by atoms with Crippen molar-refractivity contribution in [3.63, 3.8) is 0 Å². The largest absolute Gasteiger partial charge is 0.339 e. The average molecular weight is 274 g/mol. The number of hydrogen-bond donors (Lipinski definition) is 1. The van der Waals surface area contributed by atoms with Crippen LogP contribution in [-0.4, -0.2) is 23.1 Å². The van der Waals surface area contributed by atoms with Gasteiger partial charge in [-0.1, -0.05) is 6.07 Å². The predicted molar refractivity (Wildman–Crippen MR) is 78.3 cm³/mol. The van der Waals surface area contributed by atoms with E-state index >= 15 is 0 Å². The number of nitrogens with one attached hydrogen (secondary N) is 1. The highest BCUT2D eigenvalue weighted by atomic mass is 32.1. The molecule has 2 aromatic heterocycles. The van der Waals surface area contributed by atoms with Crippen LogP contribution < -0.4 is 10.2 Å². The van der Waals surface area contributed by atoms with E-state index in [0.29, 0.717) is 0 Å². The van der Waals surface area contributed by atoms with Gasteiger partial charge in [0.1, 0.15) is 0 Å². The fraction of sp³-hybridized carbons (Fsp3) is 0.429. The molecule has 1 fully saturated rings. The van der Waals surface area contributed by atoms with Gasteiger partial charge < -0.3 is 10.2 Å². The van der Waals surface area contributed by atoms with E-state index < -0.39 is 0 Å². The molecule has 19 heavy (non-hydrogen) atoms. The van der Waals surface area contributed by atoms with Gasteiger partial charge in [-0.2, -0.15) is 0 Å². The molecule has 4 nitrogen and oxygen atoms in total. The van der Waals surface area contributed by atoms with Gasteiger partial charge in [-0.05, 0) is 24.3 Å². The van der Waals surface area contributed by atoms with Crippen LogP contribution in [0.5, 0.6) is 0 Å². The summed E-state index contributed by atoms with van der Waals surface area (Å²) in [5, 5.41) is 5.56. The Morgan fingerprint density at radius 1 is 1.37 bits per heavy atom. The monoisotopic (exact) mass is 274 g/mol. The Labute approximate surface area is 117 Å². The van der Waals surface area contributed by atoms with E-state index in [2.05, 4.69) is 37.7 Å². The van der Waals surface area contributed by atoms with Gasteiger partial charge in [0, 0.05) is 42.5 Å². The maximum atomic E-state index is 4.44. The lowest BCUT2D eigenvalue weighted by Crippen LogP contribution is -2.19. The van der Waals surface area contributed by atoms with Crippen molar-refractivity contribution in [1.29, 1.82) is 0 Å². The molecule has 5 heteroatoms. The number of nitrogens with zero attached hydrogens (tertiary/aromatic N) is 3. The third-order valence-corrected chi connectivity index (χ3v) is 4.04. The summed E-state index contributed by atoms with van der Waals surface area (Å²) in [7, 11) is 2.02. The molecule has 2 aromatic rings. The average Bonchev–Trinajstić information content (AvgIpc) is 3.13. The first-order valence-electron chi connectivity index (χ1n) is 6.59. The first-order chi connectivity index (χ1) is 9.31. The lowest BCUT2D eigenvalue weighted by Gasteiger charge is -2.16. The summed E-state index contributed by atoms with van der Waals surface area (Å²) in [5.74, 6) is 0.781. The highest BCUT2D eigenvalue weighted by Crippen LogP contribution is 2.19. The zero-order valence-corrected chi connectivity index (χ0v) is 11.9. The molecule has 0 saturated heterocycles. The second kappa shape index (κ2) is 5.67. The zero-order chi connectivity index (χ0) is 13.1. The molecule has 0 unspecified atom stereocenters. The van der Waals surface area contributed by atoms with E-state index in [1.807, 2.05) is 19.4 Å². The van der Waals surface area contributed by atoms with Crippen molar-refractivity contribution in [3.05, 3.63) is 40.3 Å². The van der Waals surface area contributed by atoms with Crippen molar-refractivity contribution in [2.24, 2.45) is 0 Å². The summed E-state index contributed by atoms with van der Waals surface area (Å²) in [5.41, 5.74) is 1.15. The standard InChI is InChI=1S/C14H18N4S/c1-18(10-13-3-2-6-19-13)14-16-8-11(9-17-14)7-15-12-4-5-12/h2-3,6,8-9,12,15H,4-5,7,10H2,1H3. The second-order valence-electron chi connectivity index (χ2n) is 4.98. The van der Waals surface area contributed by atoms with Crippen LogP contribution in [0, 0.1) is 0 Å². The van der Waals surface area contributed by atoms with E-state index in [0.717, 1.165) is 30.6 Å². The molecule has 1 saturated carbocycles. The quantitative estimate of drug-likeness (QED) is 0.878. The third kappa shape index (κ3) is 3.52. The molecule has 0 bridgehead atoms. The normalized spacial score (nSPS) is 14.6. The summed E-state index contributed by atoms with van der Waals surface area (Å²) in [6, 6.07) is 4.93. The van der Waals surface area contributed by atoms with Crippen molar-refractivity contribution in [2.75, 3.05) is 11.9 Å². The van der Waals surface area contributed by atoms with Crippen LogP contribution in [0.4, 0.5) is 5.95 Å². The van der Waals surface area contributed by atoms with Crippen LogP contribution in [0.25, 0.3) is 0 Å². The first kappa shape index (κ1) is 12.6. The van der Waals surface area contributed by atoms with Gasteiger partial charge in [0.2, 0.25) is 5.95 Å². The van der Waals surface area contributed by atoms with Gasteiger partial charge in [-0.15, -0.1) is 11.3 Å². The molecule has 0 spiro atoms. The van der Waals surface area contributed by atoms with Crippen LogP contribution in [0.1, 0.15) is 23.3 Å². The molecule has 2 heterocycles. The Kier molecular flexibility index (Phi) is 3.75. The number of anilines is 1. The van der Waals surface area contributed by atoms with E-state index in [4.69, 9.17) is 0 Å². The summed E-state index contributed by atoms with van der Waals surface area (Å²) in [6.45, 7) is 1.73. The zero-order valence-electron chi connectivity index (χ0n) is 11.0. The summed E-state index contributed by atoms with van der Waals surface area (Å²) in [4.78, 5) is 12.3. The Morgan fingerprint density at radius 2 is 2.16 bits per heavy atom. The van der Waals surface area contributed by atoms with Crippen molar-refractivity contribution in [3.8, 4) is 0 Å². The van der Waals surface area contributed by atoms with E-state index in [-0.39, 0.29) is 0 Å². The maximum absolute atomic E-state index is 4.44. The lowest BCUT2D eigenvalue weighted by atomic mass is 10.3. The van der Waals surface area contributed by atoms with Crippen molar-refractivity contribution in [1.82, 2.24) is 15.3 Å². The number of aromatic nitrogens is 2. The molecule has 1 N–H and O–H groups in total. The van der Waals surface area contributed by atoms with Crippen molar-refractivity contribution in [2.45, 2.75) is 32.0 Å². The van der Waals surface area contributed by atoms with E-state index in [1.165, 1.54) is 17.7 Å². The molecule has 0 amide bonds. The van der Waals surface area contributed by atoms with Gasteiger partial charge in [-0.3, -0.25) is 0 Å². The minimum absolute atomic E-state index is 0.723.